The van der Waals surface area contributed by atoms with Gasteiger partial charge < -0.3 is 29.9 Å². The first-order valence-electron chi connectivity index (χ1n) is 7.74. The summed E-state index contributed by atoms with van der Waals surface area (Å²) in [5.41, 5.74) is 1.04. The van der Waals surface area contributed by atoms with Crippen LogP contribution in [0.5, 0.6) is 28.7 Å². The number of aromatic hydroxyl groups is 3. The van der Waals surface area contributed by atoms with Crippen LogP contribution in [0.25, 0.3) is 0 Å². The zero-order chi connectivity index (χ0) is 17.4. The van der Waals surface area contributed by atoms with Gasteiger partial charge in [0.25, 0.3) is 0 Å². The van der Waals surface area contributed by atoms with Gasteiger partial charge in [-0.25, -0.2) is 0 Å². The molecule has 3 rings (SSSR count). The van der Waals surface area contributed by atoms with E-state index in [1.54, 1.807) is 12.1 Å². The van der Waals surface area contributed by atoms with Gasteiger partial charge in [0.05, 0.1) is 12.2 Å². The molecule has 1 unspecified atom stereocenters. The van der Waals surface area contributed by atoms with Crippen LogP contribution < -0.4 is 9.47 Å². The lowest BCUT2D eigenvalue weighted by atomic mass is 9.94. The van der Waals surface area contributed by atoms with Crippen molar-refractivity contribution >= 4 is 0 Å². The quantitative estimate of drug-likeness (QED) is 0.645. The molecule has 0 aliphatic carbocycles. The minimum absolute atomic E-state index is 0.00852. The third-order valence-electron chi connectivity index (χ3n) is 3.88. The van der Waals surface area contributed by atoms with Crippen LogP contribution in [-0.2, 0) is 6.42 Å². The second-order valence-electron chi connectivity index (χ2n) is 6.14. The van der Waals surface area contributed by atoms with Crippen LogP contribution >= 0.6 is 0 Å². The van der Waals surface area contributed by atoms with Gasteiger partial charge in [-0.1, -0.05) is 6.07 Å². The standard InChI is InChI=1S/C18H20O6/c1-9(2)23-11-6-14(20)12-8-16(22)18(24-17(12)7-11)10-3-4-13(19)15(21)5-10/h3-7,9,16,18-22H,8H2,1-2H3/t16?,18-/m1/s1. The van der Waals surface area contributed by atoms with Crippen LogP contribution in [0.3, 0.4) is 0 Å². The van der Waals surface area contributed by atoms with E-state index < -0.39 is 12.2 Å². The molecule has 0 saturated heterocycles. The van der Waals surface area contributed by atoms with Gasteiger partial charge in [-0.05, 0) is 31.5 Å². The first kappa shape index (κ1) is 16.3. The summed E-state index contributed by atoms with van der Waals surface area (Å²) in [6.45, 7) is 3.76. The van der Waals surface area contributed by atoms with Crippen molar-refractivity contribution in [2.75, 3.05) is 0 Å². The molecular weight excluding hydrogens is 312 g/mol. The number of phenolic OH excluding ortho intramolecular Hbond substituents is 3. The maximum atomic E-state index is 10.4. The van der Waals surface area contributed by atoms with E-state index in [1.807, 2.05) is 13.8 Å². The number of rotatable bonds is 3. The average molecular weight is 332 g/mol. The van der Waals surface area contributed by atoms with Crippen molar-refractivity contribution in [3.63, 3.8) is 0 Å². The SMILES string of the molecule is CC(C)Oc1cc(O)c2c(c1)O[C@H](c1ccc(O)c(O)c1)C(O)C2. The lowest BCUT2D eigenvalue weighted by Crippen LogP contribution is -2.30. The van der Waals surface area contributed by atoms with E-state index in [0.717, 1.165) is 0 Å². The van der Waals surface area contributed by atoms with E-state index in [4.69, 9.17) is 9.47 Å². The second kappa shape index (κ2) is 6.13. The number of benzene rings is 2. The summed E-state index contributed by atoms with van der Waals surface area (Å²) in [6, 6.07) is 7.44. The fourth-order valence-corrected chi connectivity index (χ4v) is 2.80. The number of fused-ring (bicyclic) bond motifs is 1. The summed E-state index contributed by atoms with van der Waals surface area (Å²) in [5.74, 6) is 0.385. The molecule has 0 fully saturated rings. The van der Waals surface area contributed by atoms with Gasteiger partial charge in [0.1, 0.15) is 23.4 Å². The van der Waals surface area contributed by atoms with E-state index in [-0.39, 0.29) is 29.8 Å². The molecule has 24 heavy (non-hydrogen) atoms. The Labute approximate surface area is 139 Å². The van der Waals surface area contributed by atoms with Crippen molar-refractivity contribution in [1.82, 2.24) is 0 Å². The van der Waals surface area contributed by atoms with Crippen LogP contribution in [-0.4, -0.2) is 32.6 Å². The monoisotopic (exact) mass is 332 g/mol. The summed E-state index contributed by atoms with van der Waals surface area (Å²) >= 11 is 0. The van der Waals surface area contributed by atoms with Crippen molar-refractivity contribution in [2.24, 2.45) is 0 Å². The molecule has 0 saturated carbocycles. The summed E-state index contributed by atoms with van der Waals surface area (Å²) < 4.78 is 11.4. The fraction of sp³-hybridized carbons (Fsp3) is 0.333. The third-order valence-corrected chi connectivity index (χ3v) is 3.88. The Balaban J connectivity index is 1.95. The summed E-state index contributed by atoms with van der Waals surface area (Å²) in [7, 11) is 0. The van der Waals surface area contributed by atoms with Crippen LogP contribution in [0.15, 0.2) is 30.3 Å². The highest BCUT2D eigenvalue weighted by atomic mass is 16.5. The molecule has 2 aromatic rings. The molecule has 2 aromatic carbocycles. The molecule has 2 atom stereocenters. The fourth-order valence-electron chi connectivity index (χ4n) is 2.80. The van der Waals surface area contributed by atoms with Gasteiger partial charge >= 0.3 is 0 Å². The van der Waals surface area contributed by atoms with Gasteiger partial charge in [0, 0.05) is 24.1 Å². The number of ether oxygens (including phenoxy) is 2. The van der Waals surface area contributed by atoms with E-state index in [1.165, 1.54) is 18.2 Å². The number of aliphatic hydroxyl groups excluding tert-OH is 1. The third kappa shape index (κ3) is 3.05. The lowest BCUT2D eigenvalue weighted by molar-refractivity contribution is 0.0195. The molecular formula is C18H20O6. The molecule has 0 bridgehead atoms. The minimum atomic E-state index is -0.899. The molecule has 0 amide bonds. The van der Waals surface area contributed by atoms with Crippen molar-refractivity contribution in [1.29, 1.82) is 0 Å². The highest BCUT2D eigenvalue weighted by Gasteiger charge is 2.32. The van der Waals surface area contributed by atoms with Crippen molar-refractivity contribution in [2.45, 2.75) is 38.6 Å². The molecule has 1 aliphatic heterocycles. The van der Waals surface area contributed by atoms with E-state index >= 15 is 0 Å². The zero-order valence-corrected chi connectivity index (χ0v) is 13.4. The van der Waals surface area contributed by atoms with Gasteiger partial charge in [-0.2, -0.15) is 0 Å². The highest BCUT2D eigenvalue weighted by molar-refractivity contribution is 5.52. The Kier molecular flexibility index (Phi) is 4.15. The number of hydrogen-bond acceptors (Lipinski definition) is 6. The molecule has 1 heterocycles. The van der Waals surface area contributed by atoms with Gasteiger partial charge in [-0.3, -0.25) is 0 Å². The summed E-state index contributed by atoms with van der Waals surface area (Å²) in [5, 5.41) is 39.6. The molecule has 0 aromatic heterocycles. The van der Waals surface area contributed by atoms with Crippen molar-refractivity contribution in [3.8, 4) is 28.7 Å². The van der Waals surface area contributed by atoms with E-state index in [0.29, 0.717) is 22.6 Å². The number of hydrogen-bond donors (Lipinski definition) is 4. The topological polar surface area (TPSA) is 99.4 Å². The molecule has 6 nitrogen and oxygen atoms in total. The average Bonchev–Trinajstić information content (AvgIpc) is 2.50. The Hall–Kier alpha value is -2.60. The van der Waals surface area contributed by atoms with Gasteiger partial charge in [-0.15, -0.1) is 0 Å². The Morgan fingerprint density at radius 2 is 1.79 bits per heavy atom. The molecule has 0 spiro atoms. The Morgan fingerprint density at radius 3 is 2.46 bits per heavy atom. The highest BCUT2D eigenvalue weighted by Crippen LogP contribution is 2.43. The summed E-state index contributed by atoms with van der Waals surface area (Å²) in [6.07, 6.45) is -1.47. The first-order valence-corrected chi connectivity index (χ1v) is 7.74. The van der Waals surface area contributed by atoms with Crippen LogP contribution in [0.1, 0.15) is 31.1 Å². The summed E-state index contributed by atoms with van der Waals surface area (Å²) in [4.78, 5) is 0. The zero-order valence-electron chi connectivity index (χ0n) is 13.4. The van der Waals surface area contributed by atoms with Gasteiger partial charge in [0.2, 0.25) is 0 Å². The molecule has 128 valence electrons. The molecule has 0 radical (unpaired) electrons. The van der Waals surface area contributed by atoms with Crippen LogP contribution in [0.2, 0.25) is 0 Å². The molecule has 1 aliphatic rings. The predicted octanol–water partition coefficient (Wildman–Crippen LogP) is 2.63. The minimum Gasteiger partial charge on any atom is -0.507 e. The van der Waals surface area contributed by atoms with Gasteiger partial charge in [0.15, 0.2) is 11.5 Å². The van der Waals surface area contributed by atoms with Crippen molar-refractivity contribution < 1.29 is 29.9 Å². The van der Waals surface area contributed by atoms with E-state index in [2.05, 4.69) is 0 Å². The Bertz CT molecular complexity index is 755. The van der Waals surface area contributed by atoms with Crippen molar-refractivity contribution in [3.05, 3.63) is 41.5 Å². The lowest BCUT2D eigenvalue weighted by Gasteiger charge is -2.31. The normalized spacial score (nSPS) is 19.7. The maximum Gasteiger partial charge on any atom is 0.157 e. The Morgan fingerprint density at radius 1 is 1.04 bits per heavy atom. The van der Waals surface area contributed by atoms with E-state index in [9.17, 15) is 20.4 Å². The first-order chi connectivity index (χ1) is 11.3. The second-order valence-corrected chi connectivity index (χ2v) is 6.14. The number of phenols is 3. The molecule has 4 N–H and O–H groups in total. The van der Waals surface area contributed by atoms with Crippen LogP contribution in [0, 0.1) is 0 Å². The smallest absolute Gasteiger partial charge is 0.157 e. The predicted molar refractivity (Wildman–Crippen MR) is 86.7 cm³/mol. The maximum absolute atomic E-state index is 10.4. The van der Waals surface area contributed by atoms with Crippen LogP contribution in [0.4, 0.5) is 0 Å². The largest absolute Gasteiger partial charge is 0.507 e. The number of aliphatic hydroxyl groups is 1. The molecule has 6 heteroatoms.